The van der Waals surface area contributed by atoms with Gasteiger partial charge in [0.25, 0.3) is 0 Å². The largest absolute Gasteiger partial charge is 1.00 e. The van der Waals surface area contributed by atoms with E-state index in [-0.39, 0.29) is 29.6 Å². The third kappa shape index (κ3) is 19.7. The Balaban J connectivity index is 0. The molecule has 0 heterocycles. The van der Waals surface area contributed by atoms with E-state index in [1.165, 1.54) is 19.3 Å². The van der Waals surface area contributed by atoms with Gasteiger partial charge in [0.15, 0.2) is 0 Å². The van der Waals surface area contributed by atoms with Gasteiger partial charge in [-0.05, 0) is 26.4 Å². The minimum Gasteiger partial charge on any atom is -0.725 e. The minimum absolute atomic E-state index is 0. The quantitative estimate of drug-likeness (QED) is 0.167. The van der Waals surface area contributed by atoms with E-state index in [1.54, 1.807) is 0 Å². The van der Waals surface area contributed by atoms with Crippen molar-refractivity contribution in [2.24, 2.45) is 0 Å². The van der Waals surface area contributed by atoms with E-state index >= 15 is 0 Å². The van der Waals surface area contributed by atoms with Gasteiger partial charge in [0, 0.05) is 17.8 Å². The van der Waals surface area contributed by atoms with Gasteiger partial charge in [0.05, 0.1) is 0 Å². The zero-order chi connectivity index (χ0) is 12.3. The van der Waals surface area contributed by atoms with Crippen LogP contribution in [-0.2, 0) is 14.0 Å². The van der Waals surface area contributed by atoms with Crippen LogP contribution >= 0.6 is 12.0 Å². The fraction of sp³-hybridized carbons (Fsp3) is 1.00. The topological polar surface area (TPSA) is 78.5 Å². The summed E-state index contributed by atoms with van der Waals surface area (Å²) >= 11 is 0.722. The average molecular weight is 293 g/mol. The van der Waals surface area contributed by atoms with Crippen molar-refractivity contribution in [3.63, 3.8) is 0 Å². The predicted octanol–water partition coefficient (Wildman–Crippen LogP) is -1.32. The summed E-state index contributed by atoms with van der Waals surface area (Å²) in [5, 5.41) is 3.09. The van der Waals surface area contributed by atoms with Gasteiger partial charge in [0.1, 0.15) is 0 Å². The van der Waals surface area contributed by atoms with Crippen LogP contribution in [0.3, 0.4) is 0 Å². The maximum atomic E-state index is 10.1. The molecular formula is C9H20NNaO4S2. The molecule has 0 bridgehead atoms. The molecule has 0 amide bonds. The van der Waals surface area contributed by atoms with Crippen LogP contribution in [0.1, 0.15) is 38.5 Å². The molecule has 0 saturated heterocycles. The molecule has 0 spiro atoms. The van der Waals surface area contributed by atoms with Crippen molar-refractivity contribution in [2.75, 3.05) is 19.3 Å². The maximum Gasteiger partial charge on any atom is 1.00 e. The van der Waals surface area contributed by atoms with E-state index in [2.05, 4.69) is 8.95 Å². The van der Waals surface area contributed by atoms with Gasteiger partial charge >= 0.3 is 29.6 Å². The molecule has 0 atom stereocenters. The second-order valence-corrected chi connectivity index (χ2v) is 5.53. The molecule has 0 rings (SSSR count). The molecule has 0 aliphatic carbocycles. The van der Waals surface area contributed by atoms with Crippen LogP contribution in [-0.4, -0.2) is 32.3 Å². The van der Waals surface area contributed by atoms with Crippen LogP contribution in [0.25, 0.3) is 0 Å². The monoisotopic (exact) mass is 293 g/mol. The fourth-order valence-electron chi connectivity index (χ4n) is 1.26. The van der Waals surface area contributed by atoms with E-state index in [0.29, 0.717) is 5.75 Å². The van der Waals surface area contributed by atoms with Crippen molar-refractivity contribution in [3.05, 3.63) is 0 Å². The smallest absolute Gasteiger partial charge is 0.725 e. The molecule has 0 aromatic heterocycles. The summed E-state index contributed by atoms with van der Waals surface area (Å²) in [6.07, 6.45) is 6.70. The zero-order valence-electron chi connectivity index (χ0n) is 10.6. The van der Waals surface area contributed by atoms with Gasteiger partial charge in [-0.2, -0.15) is 0 Å². The molecule has 0 aromatic rings. The standard InChI is InChI=1S/C9H21NO4S2.Na/c1-10-8-6-4-2-3-5-7-9-15-14-16(11,12)13;/h10H,2-9H2,1H3,(H,11,12,13);/q;+1/p-1. The van der Waals surface area contributed by atoms with Crippen LogP contribution in [0.5, 0.6) is 0 Å². The fourth-order valence-corrected chi connectivity index (χ4v) is 2.33. The normalized spacial score (nSPS) is 11.2. The minimum atomic E-state index is -4.53. The van der Waals surface area contributed by atoms with Gasteiger partial charge in [-0.3, -0.25) is 0 Å². The first-order valence-corrected chi connectivity index (χ1v) is 7.72. The number of unbranched alkanes of at least 4 members (excludes halogenated alkanes) is 5. The van der Waals surface area contributed by atoms with Crippen molar-refractivity contribution in [2.45, 2.75) is 38.5 Å². The molecule has 0 unspecified atom stereocenters. The van der Waals surface area contributed by atoms with Crippen molar-refractivity contribution in [1.82, 2.24) is 5.32 Å². The Bertz CT molecular complexity index is 249. The SMILES string of the molecule is CNCCCCCCCCSOS(=O)(=O)[O-].[Na+]. The maximum absolute atomic E-state index is 10.1. The summed E-state index contributed by atoms with van der Waals surface area (Å²) in [5.41, 5.74) is 0. The van der Waals surface area contributed by atoms with Crippen LogP contribution < -0.4 is 34.9 Å². The first-order chi connectivity index (χ1) is 7.56. The number of rotatable bonds is 11. The van der Waals surface area contributed by atoms with Gasteiger partial charge in [0.2, 0.25) is 10.4 Å². The Morgan fingerprint density at radius 1 is 1.12 bits per heavy atom. The molecule has 0 radical (unpaired) electrons. The van der Waals surface area contributed by atoms with Gasteiger partial charge in [-0.15, -0.1) is 0 Å². The molecule has 0 saturated carbocycles. The van der Waals surface area contributed by atoms with Crippen molar-refractivity contribution >= 4 is 22.4 Å². The molecule has 0 aromatic carbocycles. The van der Waals surface area contributed by atoms with Gasteiger partial charge < -0.3 is 9.87 Å². The molecule has 5 nitrogen and oxygen atoms in total. The summed E-state index contributed by atoms with van der Waals surface area (Å²) < 4.78 is 34.2. The molecule has 1 N–H and O–H groups in total. The number of hydrogen-bond acceptors (Lipinski definition) is 6. The Hall–Kier alpha value is 1.18. The molecule has 0 aliphatic heterocycles. The first-order valence-electron chi connectivity index (χ1n) is 5.48. The summed E-state index contributed by atoms with van der Waals surface area (Å²) in [5.74, 6) is 0.554. The summed E-state index contributed by atoms with van der Waals surface area (Å²) in [6.45, 7) is 1.06. The summed E-state index contributed by atoms with van der Waals surface area (Å²) in [6, 6.07) is 0. The van der Waals surface area contributed by atoms with Crippen LogP contribution in [0, 0.1) is 0 Å². The van der Waals surface area contributed by atoms with Crippen molar-refractivity contribution in [3.8, 4) is 0 Å². The first kappa shape index (κ1) is 20.5. The second-order valence-electron chi connectivity index (χ2n) is 3.52. The molecule has 0 aliphatic rings. The molecule has 8 heteroatoms. The predicted molar refractivity (Wildman–Crippen MR) is 64.9 cm³/mol. The Morgan fingerprint density at radius 3 is 2.18 bits per heavy atom. The molecule has 98 valence electrons. The third-order valence-corrected chi connectivity index (χ3v) is 3.54. The molecule has 0 fully saturated rings. The van der Waals surface area contributed by atoms with Crippen molar-refractivity contribution in [1.29, 1.82) is 0 Å². The summed E-state index contributed by atoms with van der Waals surface area (Å²) in [7, 11) is -2.58. The number of nitrogens with one attached hydrogen (secondary N) is 1. The Kier molecular flexibility index (Phi) is 16.4. The van der Waals surface area contributed by atoms with Crippen LogP contribution in [0.15, 0.2) is 0 Å². The van der Waals surface area contributed by atoms with Gasteiger partial charge in [-0.25, -0.2) is 12.0 Å². The molecule has 17 heavy (non-hydrogen) atoms. The third-order valence-electron chi connectivity index (χ3n) is 2.04. The van der Waals surface area contributed by atoms with E-state index in [1.807, 2.05) is 7.05 Å². The molecular weight excluding hydrogens is 273 g/mol. The van der Waals surface area contributed by atoms with E-state index < -0.39 is 10.4 Å². The average Bonchev–Trinajstić information content (AvgIpc) is 2.19. The summed E-state index contributed by atoms with van der Waals surface area (Å²) in [4.78, 5) is 0. The van der Waals surface area contributed by atoms with E-state index in [4.69, 9.17) is 0 Å². The second kappa shape index (κ2) is 13.6. The van der Waals surface area contributed by atoms with Crippen LogP contribution in [0.2, 0.25) is 0 Å². The Labute approximate surface area is 131 Å². The van der Waals surface area contributed by atoms with Crippen LogP contribution in [0.4, 0.5) is 0 Å². The Morgan fingerprint density at radius 2 is 1.65 bits per heavy atom. The van der Waals surface area contributed by atoms with E-state index in [0.717, 1.165) is 37.8 Å². The van der Waals surface area contributed by atoms with Gasteiger partial charge in [-0.1, -0.05) is 25.7 Å². The number of hydrogen-bond donors (Lipinski definition) is 1. The zero-order valence-corrected chi connectivity index (χ0v) is 14.2. The van der Waals surface area contributed by atoms with E-state index in [9.17, 15) is 13.0 Å². The van der Waals surface area contributed by atoms with Crippen molar-refractivity contribution < 1.29 is 46.2 Å².